The Bertz CT molecular complexity index is 1120. The number of benzene rings is 2. The fourth-order valence-electron chi connectivity index (χ4n) is 3.93. The Morgan fingerprint density at radius 2 is 1.77 bits per heavy atom. The highest BCUT2D eigenvalue weighted by Crippen LogP contribution is 2.17. The number of aromatic amines is 1. The first-order valence-electron chi connectivity index (χ1n) is 12.2. The Labute approximate surface area is 208 Å². The number of carbonyl (C=O) groups is 2. The van der Waals surface area contributed by atoms with E-state index in [9.17, 15) is 9.59 Å². The summed E-state index contributed by atoms with van der Waals surface area (Å²) >= 11 is 0. The fourth-order valence-corrected chi connectivity index (χ4v) is 3.93. The molecule has 0 aliphatic rings. The number of nitrogens with zero attached hydrogens (tertiary/aromatic N) is 2. The summed E-state index contributed by atoms with van der Waals surface area (Å²) in [6.07, 6.45) is 2.72. The predicted molar refractivity (Wildman–Crippen MR) is 140 cm³/mol. The summed E-state index contributed by atoms with van der Waals surface area (Å²) in [5, 5.41) is 5.39. The maximum Gasteiger partial charge on any atom is 0.267 e. The van der Waals surface area contributed by atoms with Crippen LogP contribution in [0.15, 0.2) is 48.5 Å². The molecular formula is C28H38N4O3. The number of amides is 2. The van der Waals surface area contributed by atoms with Crippen molar-refractivity contribution < 1.29 is 14.4 Å². The number of rotatable bonds is 12. The molecular weight excluding hydrogens is 440 g/mol. The molecule has 3 rings (SSSR count). The van der Waals surface area contributed by atoms with Gasteiger partial charge in [-0.15, -0.1) is 0 Å². The normalized spacial score (nSPS) is 11.7. The number of hydrogen-bond acceptors (Lipinski definition) is 4. The van der Waals surface area contributed by atoms with Crippen LogP contribution in [0.2, 0.25) is 0 Å². The Morgan fingerprint density at radius 3 is 2.46 bits per heavy atom. The van der Waals surface area contributed by atoms with Crippen LogP contribution in [0.25, 0.3) is 10.9 Å². The number of carbonyl (C=O) groups excluding carboxylic acids is 2. The molecule has 0 radical (unpaired) electrons. The zero-order valence-corrected chi connectivity index (χ0v) is 21.6. The van der Waals surface area contributed by atoms with Gasteiger partial charge in [-0.3, -0.25) is 14.4 Å². The van der Waals surface area contributed by atoms with Gasteiger partial charge in [0.2, 0.25) is 6.41 Å². The van der Waals surface area contributed by atoms with Crippen LogP contribution in [0.1, 0.15) is 54.4 Å². The van der Waals surface area contributed by atoms with Gasteiger partial charge in [-0.05, 0) is 83.5 Å². The lowest BCUT2D eigenvalue weighted by Crippen LogP contribution is -2.33. The predicted octanol–water partition coefficient (Wildman–Crippen LogP) is 4.46. The lowest BCUT2D eigenvalue weighted by molar-refractivity contribution is -0.220. The van der Waals surface area contributed by atoms with E-state index < -0.39 is 5.60 Å². The van der Waals surface area contributed by atoms with Gasteiger partial charge in [-0.2, -0.15) is 0 Å². The Kier molecular flexibility index (Phi) is 9.07. The molecule has 7 heteroatoms. The number of H-pyrrole nitrogens is 1. The Balaban J connectivity index is 1.35. The summed E-state index contributed by atoms with van der Waals surface area (Å²) in [6, 6.07) is 16.3. The van der Waals surface area contributed by atoms with Gasteiger partial charge in [0.15, 0.2) is 0 Å². The Hall–Kier alpha value is -3.16. The largest absolute Gasteiger partial charge is 0.351 e. The van der Waals surface area contributed by atoms with Gasteiger partial charge >= 0.3 is 0 Å². The number of hydroxylamine groups is 2. The minimum absolute atomic E-state index is 0.0756. The van der Waals surface area contributed by atoms with E-state index in [0.717, 1.165) is 48.8 Å². The van der Waals surface area contributed by atoms with Gasteiger partial charge in [-0.25, -0.2) is 5.06 Å². The molecule has 2 amide bonds. The van der Waals surface area contributed by atoms with Crippen molar-refractivity contribution in [2.24, 2.45) is 0 Å². The molecule has 0 saturated carbocycles. The van der Waals surface area contributed by atoms with E-state index in [1.807, 2.05) is 58.0 Å². The quantitative estimate of drug-likeness (QED) is 0.298. The van der Waals surface area contributed by atoms with Crippen LogP contribution in [0.3, 0.4) is 0 Å². The first-order chi connectivity index (χ1) is 16.6. The smallest absolute Gasteiger partial charge is 0.267 e. The number of aryl methyl sites for hydroxylation is 2. The van der Waals surface area contributed by atoms with Crippen LogP contribution in [0.4, 0.5) is 0 Å². The van der Waals surface area contributed by atoms with Gasteiger partial charge in [0.25, 0.3) is 5.91 Å². The van der Waals surface area contributed by atoms with E-state index >= 15 is 0 Å². The third kappa shape index (κ3) is 8.53. The molecule has 0 spiro atoms. The van der Waals surface area contributed by atoms with Crippen LogP contribution >= 0.6 is 0 Å². The monoisotopic (exact) mass is 478 g/mol. The molecule has 0 atom stereocenters. The summed E-state index contributed by atoms with van der Waals surface area (Å²) in [5.41, 5.74) is 4.63. The van der Waals surface area contributed by atoms with Crippen molar-refractivity contribution in [3.05, 3.63) is 70.9 Å². The van der Waals surface area contributed by atoms with Crippen molar-refractivity contribution in [3.63, 3.8) is 0 Å². The second-order valence-electron chi connectivity index (χ2n) is 10.1. The maximum atomic E-state index is 12.5. The molecule has 0 fully saturated rings. The molecule has 0 aliphatic heterocycles. The van der Waals surface area contributed by atoms with E-state index in [4.69, 9.17) is 4.84 Å². The molecule has 0 bridgehead atoms. The number of fused-ring (bicyclic) bond motifs is 1. The summed E-state index contributed by atoms with van der Waals surface area (Å²) in [7, 11) is 2.07. The van der Waals surface area contributed by atoms with Crippen LogP contribution in [0, 0.1) is 6.92 Å². The zero-order chi connectivity index (χ0) is 25.4. The van der Waals surface area contributed by atoms with Gasteiger partial charge in [0.05, 0.1) is 12.1 Å². The number of aromatic nitrogens is 1. The van der Waals surface area contributed by atoms with E-state index in [2.05, 4.69) is 40.4 Å². The molecule has 2 N–H and O–H groups in total. The Morgan fingerprint density at radius 1 is 1.06 bits per heavy atom. The summed E-state index contributed by atoms with van der Waals surface area (Å²) in [6.45, 7) is 10.6. The molecule has 188 valence electrons. The SMILES string of the molecule is Cc1ccc2[nH]c(C(=O)NCCN(C)CCCc3ccc(CN(C=O)OC(C)(C)C)cc3)cc2c1. The van der Waals surface area contributed by atoms with Crippen molar-refractivity contribution in [2.45, 2.75) is 52.7 Å². The molecule has 2 aromatic carbocycles. The molecule has 3 aromatic rings. The highest BCUT2D eigenvalue weighted by molar-refractivity contribution is 5.98. The summed E-state index contributed by atoms with van der Waals surface area (Å²) in [5.74, 6) is -0.0756. The van der Waals surface area contributed by atoms with Crippen molar-refractivity contribution in [1.82, 2.24) is 20.3 Å². The maximum absolute atomic E-state index is 12.5. The van der Waals surface area contributed by atoms with Crippen LogP contribution in [-0.4, -0.2) is 59.5 Å². The van der Waals surface area contributed by atoms with Gasteiger partial charge in [0.1, 0.15) is 5.69 Å². The number of hydrogen-bond donors (Lipinski definition) is 2. The third-order valence-corrected chi connectivity index (χ3v) is 5.68. The van der Waals surface area contributed by atoms with Crippen LogP contribution in [0.5, 0.6) is 0 Å². The molecule has 0 aliphatic carbocycles. The molecule has 0 unspecified atom stereocenters. The van der Waals surface area contributed by atoms with E-state index in [-0.39, 0.29) is 5.91 Å². The minimum Gasteiger partial charge on any atom is -0.351 e. The van der Waals surface area contributed by atoms with E-state index in [0.29, 0.717) is 18.8 Å². The minimum atomic E-state index is -0.411. The van der Waals surface area contributed by atoms with Crippen molar-refractivity contribution in [1.29, 1.82) is 0 Å². The number of nitrogens with one attached hydrogen (secondary N) is 2. The van der Waals surface area contributed by atoms with Gasteiger partial charge < -0.3 is 15.2 Å². The highest BCUT2D eigenvalue weighted by atomic mass is 16.7. The van der Waals surface area contributed by atoms with Crippen LogP contribution in [-0.2, 0) is 22.6 Å². The molecule has 1 heterocycles. The number of likely N-dealkylation sites (N-methyl/N-ethyl adjacent to an activating group) is 1. The van der Waals surface area contributed by atoms with Crippen molar-refractivity contribution >= 4 is 23.2 Å². The molecule has 7 nitrogen and oxygen atoms in total. The second kappa shape index (κ2) is 12.0. The zero-order valence-electron chi connectivity index (χ0n) is 21.6. The average molecular weight is 479 g/mol. The molecule has 35 heavy (non-hydrogen) atoms. The fraction of sp³-hybridized carbons (Fsp3) is 0.429. The molecule has 1 aromatic heterocycles. The van der Waals surface area contributed by atoms with Crippen molar-refractivity contribution in [3.8, 4) is 0 Å². The summed E-state index contributed by atoms with van der Waals surface area (Å²) in [4.78, 5) is 34.8. The first-order valence-corrected chi connectivity index (χ1v) is 12.2. The summed E-state index contributed by atoms with van der Waals surface area (Å²) < 4.78 is 0. The third-order valence-electron chi connectivity index (χ3n) is 5.68. The average Bonchev–Trinajstić information content (AvgIpc) is 3.22. The van der Waals surface area contributed by atoms with Crippen LogP contribution < -0.4 is 5.32 Å². The standard InChI is InChI=1S/C28H38N4O3/c1-21-8-13-25-24(17-21)18-26(30-25)27(34)29-14-16-31(5)15-6-7-22-9-11-23(12-10-22)19-32(20-33)35-28(2,3)4/h8-13,17-18,20,30H,6-7,14-16,19H2,1-5H3,(H,29,34). The molecule has 0 saturated heterocycles. The second-order valence-corrected chi connectivity index (χ2v) is 10.1. The van der Waals surface area contributed by atoms with Gasteiger partial charge in [0, 0.05) is 24.0 Å². The van der Waals surface area contributed by atoms with Crippen molar-refractivity contribution in [2.75, 3.05) is 26.7 Å². The lowest BCUT2D eigenvalue weighted by Gasteiger charge is -2.26. The topological polar surface area (TPSA) is 77.7 Å². The van der Waals surface area contributed by atoms with Gasteiger partial charge in [-0.1, -0.05) is 35.9 Å². The van der Waals surface area contributed by atoms with E-state index in [1.165, 1.54) is 16.2 Å². The van der Waals surface area contributed by atoms with E-state index in [1.54, 1.807) is 0 Å². The highest BCUT2D eigenvalue weighted by Gasteiger charge is 2.16. The lowest BCUT2D eigenvalue weighted by atomic mass is 10.1. The first kappa shape index (κ1) is 26.4.